The predicted octanol–water partition coefficient (Wildman–Crippen LogP) is 1.92. The largest absolute Gasteiger partial charge is 0.464 e. The summed E-state index contributed by atoms with van der Waals surface area (Å²) < 4.78 is 1.07. The Morgan fingerprint density at radius 2 is 2.29 bits per heavy atom. The van der Waals surface area contributed by atoms with Crippen LogP contribution in [-0.2, 0) is 0 Å². The fourth-order valence-electron chi connectivity index (χ4n) is 1.35. The Labute approximate surface area is 84.0 Å². The number of aryl methyl sites for hydroxylation is 1. The average Bonchev–Trinajstić information content (AvgIpc) is 2.42. The number of halogens is 1. The smallest absolute Gasteiger partial charge is 0.417 e. The van der Waals surface area contributed by atoms with Crippen molar-refractivity contribution in [3.05, 3.63) is 23.2 Å². The lowest BCUT2D eigenvalue weighted by molar-refractivity contribution is 0.197. The summed E-state index contributed by atoms with van der Waals surface area (Å²) in [7, 11) is 0. The Hall–Kier alpha value is -1.62. The van der Waals surface area contributed by atoms with Crippen LogP contribution in [0.4, 0.5) is 4.79 Å². The highest BCUT2D eigenvalue weighted by Crippen LogP contribution is 2.22. The molecule has 0 fully saturated rings. The number of rotatable bonds is 0. The van der Waals surface area contributed by atoms with E-state index in [4.69, 9.17) is 16.7 Å². The molecule has 0 aliphatic heterocycles. The lowest BCUT2D eigenvalue weighted by Crippen LogP contribution is -2.09. The monoisotopic (exact) mass is 211 g/mol. The SMILES string of the molecule is Cc1cc2c(Cl)ncnc2n1C(=O)O. The molecule has 0 atom stereocenters. The molecule has 2 heterocycles. The van der Waals surface area contributed by atoms with E-state index in [9.17, 15) is 4.79 Å². The first-order chi connectivity index (χ1) is 6.61. The minimum atomic E-state index is -1.08. The van der Waals surface area contributed by atoms with Crippen molar-refractivity contribution >= 4 is 28.7 Å². The third-order valence-electron chi connectivity index (χ3n) is 1.92. The van der Waals surface area contributed by atoms with E-state index in [2.05, 4.69) is 9.97 Å². The second kappa shape index (κ2) is 2.95. The van der Waals surface area contributed by atoms with Crippen LogP contribution in [0.1, 0.15) is 5.69 Å². The van der Waals surface area contributed by atoms with Gasteiger partial charge in [-0.15, -0.1) is 0 Å². The number of carboxylic acid groups (broad SMARTS) is 1. The van der Waals surface area contributed by atoms with Gasteiger partial charge < -0.3 is 5.11 Å². The van der Waals surface area contributed by atoms with Gasteiger partial charge >= 0.3 is 6.09 Å². The van der Waals surface area contributed by atoms with E-state index < -0.39 is 6.09 Å². The normalized spacial score (nSPS) is 10.7. The van der Waals surface area contributed by atoms with E-state index >= 15 is 0 Å². The number of hydrogen-bond donors (Lipinski definition) is 1. The summed E-state index contributed by atoms with van der Waals surface area (Å²) in [6.07, 6.45) is 0.163. The van der Waals surface area contributed by atoms with Crippen LogP contribution in [-0.4, -0.2) is 25.7 Å². The first kappa shape index (κ1) is 8.96. The average molecular weight is 212 g/mol. The number of fused-ring (bicyclic) bond motifs is 1. The summed E-state index contributed by atoms with van der Waals surface area (Å²) in [6, 6.07) is 1.64. The zero-order chi connectivity index (χ0) is 10.3. The molecule has 5 nitrogen and oxygen atoms in total. The van der Waals surface area contributed by atoms with Gasteiger partial charge in [0.2, 0.25) is 0 Å². The fraction of sp³-hybridized carbons (Fsp3) is 0.125. The molecule has 2 aromatic rings. The van der Waals surface area contributed by atoms with Gasteiger partial charge in [0.25, 0.3) is 0 Å². The second-order valence-corrected chi connectivity index (χ2v) is 3.16. The van der Waals surface area contributed by atoms with Gasteiger partial charge in [0.15, 0.2) is 5.65 Å². The maximum Gasteiger partial charge on any atom is 0.417 e. The molecule has 0 radical (unpaired) electrons. The van der Waals surface area contributed by atoms with Crippen LogP contribution in [0.25, 0.3) is 11.0 Å². The Morgan fingerprint density at radius 3 is 2.93 bits per heavy atom. The van der Waals surface area contributed by atoms with E-state index in [0.29, 0.717) is 16.7 Å². The minimum Gasteiger partial charge on any atom is -0.464 e. The summed E-state index contributed by atoms with van der Waals surface area (Å²) in [5.74, 6) is 0. The summed E-state index contributed by atoms with van der Waals surface area (Å²) >= 11 is 5.79. The molecule has 2 aromatic heterocycles. The molecule has 0 aliphatic carbocycles. The molecule has 6 heteroatoms. The Bertz CT molecular complexity index is 521. The first-order valence-electron chi connectivity index (χ1n) is 3.83. The van der Waals surface area contributed by atoms with Gasteiger partial charge in [-0.1, -0.05) is 11.6 Å². The molecule has 0 amide bonds. The summed E-state index contributed by atoms with van der Waals surface area (Å²) in [5, 5.41) is 9.72. The van der Waals surface area contributed by atoms with Crippen LogP contribution in [0.5, 0.6) is 0 Å². The standard InChI is InChI=1S/C8H6ClN3O2/c1-4-2-5-6(9)10-3-11-7(5)12(4)8(13)14/h2-3H,1H3,(H,13,14). The Balaban J connectivity index is 2.90. The van der Waals surface area contributed by atoms with Crippen molar-refractivity contribution in [2.45, 2.75) is 6.92 Å². The third kappa shape index (κ3) is 1.13. The van der Waals surface area contributed by atoms with Crippen molar-refractivity contribution < 1.29 is 9.90 Å². The number of aromatic nitrogens is 3. The Kier molecular flexibility index (Phi) is 1.89. The van der Waals surface area contributed by atoms with Crippen LogP contribution >= 0.6 is 11.6 Å². The highest BCUT2D eigenvalue weighted by atomic mass is 35.5. The minimum absolute atomic E-state index is 0.262. The van der Waals surface area contributed by atoms with Crippen LogP contribution in [0.3, 0.4) is 0 Å². The molecule has 0 aliphatic rings. The predicted molar refractivity (Wildman–Crippen MR) is 50.7 cm³/mol. The number of nitrogens with zero attached hydrogens (tertiary/aromatic N) is 3. The quantitative estimate of drug-likeness (QED) is 0.676. The van der Waals surface area contributed by atoms with Crippen LogP contribution in [0.15, 0.2) is 12.4 Å². The lowest BCUT2D eigenvalue weighted by Gasteiger charge is -1.98. The zero-order valence-corrected chi connectivity index (χ0v) is 7.99. The molecule has 72 valence electrons. The van der Waals surface area contributed by atoms with Gasteiger partial charge in [-0.05, 0) is 13.0 Å². The molecule has 0 saturated heterocycles. The van der Waals surface area contributed by atoms with E-state index in [1.165, 1.54) is 6.33 Å². The maximum absolute atomic E-state index is 10.9. The highest BCUT2D eigenvalue weighted by Gasteiger charge is 2.14. The van der Waals surface area contributed by atoms with E-state index in [-0.39, 0.29) is 5.15 Å². The van der Waals surface area contributed by atoms with Crippen LogP contribution in [0.2, 0.25) is 5.15 Å². The molecule has 0 spiro atoms. The Morgan fingerprint density at radius 1 is 1.57 bits per heavy atom. The summed E-state index contributed by atoms with van der Waals surface area (Å²) in [6.45, 7) is 1.67. The first-order valence-corrected chi connectivity index (χ1v) is 4.21. The topological polar surface area (TPSA) is 68.0 Å². The van der Waals surface area contributed by atoms with E-state index in [0.717, 1.165) is 4.57 Å². The van der Waals surface area contributed by atoms with Gasteiger partial charge in [-0.3, -0.25) is 0 Å². The van der Waals surface area contributed by atoms with Gasteiger partial charge in [-0.2, -0.15) is 0 Å². The molecule has 1 N–H and O–H groups in total. The molecule has 0 bridgehead atoms. The number of hydrogen-bond acceptors (Lipinski definition) is 3. The molecule has 0 saturated carbocycles. The molecule has 0 aromatic carbocycles. The molecule has 2 rings (SSSR count). The fourth-order valence-corrected chi connectivity index (χ4v) is 1.53. The molecular formula is C8H6ClN3O2. The van der Waals surface area contributed by atoms with Gasteiger partial charge in [0.05, 0.1) is 5.39 Å². The molecular weight excluding hydrogens is 206 g/mol. The van der Waals surface area contributed by atoms with Crippen molar-refractivity contribution in [2.24, 2.45) is 0 Å². The molecule has 0 unspecified atom stereocenters. The van der Waals surface area contributed by atoms with Gasteiger partial charge in [-0.25, -0.2) is 19.3 Å². The van der Waals surface area contributed by atoms with Crippen molar-refractivity contribution in [2.75, 3.05) is 0 Å². The second-order valence-electron chi connectivity index (χ2n) is 2.81. The summed E-state index contributed by atoms with van der Waals surface area (Å²) in [5.41, 5.74) is 0.880. The van der Waals surface area contributed by atoms with Gasteiger partial charge in [0, 0.05) is 5.69 Å². The lowest BCUT2D eigenvalue weighted by atomic mass is 10.4. The van der Waals surface area contributed by atoms with Crippen molar-refractivity contribution in [3.63, 3.8) is 0 Å². The molecule has 14 heavy (non-hydrogen) atoms. The van der Waals surface area contributed by atoms with Gasteiger partial charge in [0.1, 0.15) is 11.5 Å². The van der Waals surface area contributed by atoms with Crippen molar-refractivity contribution in [1.29, 1.82) is 0 Å². The van der Waals surface area contributed by atoms with Crippen LogP contribution < -0.4 is 0 Å². The highest BCUT2D eigenvalue weighted by molar-refractivity contribution is 6.34. The zero-order valence-electron chi connectivity index (χ0n) is 7.23. The third-order valence-corrected chi connectivity index (χ3v) is 2.22. The van der Waals surface area contributed by atoms with E-state index in [1.807, 2.05) is 0 Å². The van der Waals surface area contributed by atoms with E-state index in [1.54, 1.807) is 13.0 Å². The summed E-state index contributed by atoms with van der Waals surface area (Å²) in [4.78, 5) is 18.5. The van der Waals surface area contributed by atoms with Crippen LogP contribution in [0, 0.1) is 6.92 Å². The number of carbonyl (C=O) groups is 1. The van der Waals surface area contributed by atoms with Crippen molar-refractivity contribution in [3.8, 4) is 0 Å². The van der Waals surface area contributed by atoms with Crippen molar-refractivity contribution in [1.82, 2.24) is 14.5 Å². The maximum atomic E-state index is 10.9.